The molecular formula is C16H22FNO3. The minimum atomic E-state index is -0.280. The summed E-state index contributed by atoms with van der Waals surface area (Å²) in [5.74, 6) is -0.532. The van der Waals surface area contributed by atoms with Crippen LogP contribution < -0.4 is 0 Å². The third-order valence-corrected chi connectivity index (χ3v) is 3.75. The van der Waals surface area contributed by atoms with E-state index in [0.717, 1.165) is 24.2 Å². The van der Waals surface area contributed by atoms with Crippen molar-refractivity contribution in [3.05, 3.63) is 35.1 Å². The van der Waals surface area contributed by atoms with Crippen LogP contribution in [0.1, 0.15) is 30.5 Å². The zero-order chi connectivity index (χ0) is 15.2. The van der Waals surface area contributed by atoms with Crippen molar-refractivity contribution in [1.29, 1.82) is 0 Å². The molecule has 1 aromatic carbocycles. The molecule has 1 aromatic rings. The molecule has 1 aliphatic rings. The summed E-state index contributed by atoms with van der Waals surface area (Å²) in [6.45, 7) is 6.82. The second-order valence-electron chi connectivity index (χ2n) is 5.17. The number of aryl methyl sites for hydroxylation is 1. The van der Waals surface area contributed by atoms with Gasteiger partial charge in [0.15, 0.2) is 0 Å². The number of carbonyl (C=O) groups excluding carboxylic acids is 1. The van der Waals surface area contributed by atoms with Crippen LogP contribution in [-0.4, -0.2) is 43.8 Å². The van der Waals surface area contributed by atoms with Crippen LogP contribution >= 0.6 is 0 Å². The molecule has 21 heavy (non-hydrogen) atoms. The molecule has 2 rings (SSSR count). The summed E-state index contributed by atoms with van der Waals surface area (Å²) < 4.78 is 24.0. The normalized spacial score (nSPS) is 17.5. The van der Waals surface area contributed by atoms with Crippen molar-refractivity contribution in [2.24, 2.45) is 0 Å². The Morgan fingerprint density at radius 1 is 1.43 bits per heavy atom. The molecule has 1 fully saturated rings. The number of esters is 1. The van der Waals surface area contributed by atoms with E-state index in [2.05, 4.69) is 4.90 Å². The maximum Gasteiger partial charge on any atom is 0.307 e. The van der Waals surface area contributed by atoms with E-state index in [4.69, 9.17) is 9.47 Å². The first-order chi connectivity index (χ1) is 10.1. The van der Waals surface area contributed by atoms with Crippen LogP contribution in [0.15, 0.2) is 18.2 Å². The van der Waals surface area contributed by atoms with Crippen LogP contribution in [0.2, 0.25) is 0 Å². The van der Waals surface area contributed by atoms with E-state index in [-0.39, 0.29) is 24.2 Å². The monoisotopic (exact) mass is 295 g/mol. The summed E-state index contributed by atoms with van der Waals surface area (Å²) in [6.07, 6.45) is 0.234. The average molecular weight is 295 g/mol. The van der Waals surface area contributed by atoms with Crippen LogP contribution in [0, 0.1) is 12.7 Å². The number of ether oxygens (including phenoxy) is 2. The molecule has 0 saturated carbocycles. The van der Waals surface area contributed by atoms with E-state index < -0.39 is 0 Å². The lowest BCUT2D eigenvalue weighted by Gasteiger charge is -2.35. The summed E-state index contributed by atoms with van der Waals surface area (Å²) in [4.78, 5) is 14.1. The molecule has 1 atom stereocenters. The number of halogens is 1. The van der Waals surface area contributed by atoms with Gasteiger partial charge in [0.05, 0.1) is 26.2 Å². The van der Waals surface area contributed by atoms with Gasteiger partial charge in [-0.3, -0.25) is 9.69 Å². The average Bonchev–Trinajstić information content (AvgIpc) is 2.49. The molecule has 4 nitrogen and oxygen atoms in total. The van der Waals surface area contributed by atoms with Crippen molar-refractivity contribution in [3.63, 3.8) is 0 Å². The van der Waals surface area contributed by atoms with Crippen LogP contribution in [0.4, 0.5) is 4.39 Å². The maximum absolute atomic E-state index is 13.6. The highest BCUT2D eigenvalue weighted by molar-refractivity contribution is 5.70. The van der Waals surface area contributed by atoms with Gasteiger partial charge in [-0.15, -0.1) is 0 Å². The minimum absolute atomic E-state index is 0.163. The Hall–Kier alpha value is -1.46. The molecule has 0 amide bonds. The highest BCUT2D eigenvalue weighted by Crippen LogP contribution is 2.29. The zero-order valence-corrected chi connectivity index (χ0v) is 12.6. The molecule has 0 spiro atoms. The van der Waals surface area contributed by atoms with Gasteiger partial charge in [0.25, 0.3) is 0 Å². The molecule has 0 radical (unpaired) electrons. The fourth-order valence-electron chi connectivity index (χ4n) is 2.67. The molecule has 0 bridgehead atoms. The van der Waals surface area contributed by atoms with E-state index in [0.29, 0.717) is 19.8 Å². The predicted octanol–water partition coefficient (Wildman–Crippen LogP) is 2.46. The van der Waals surface area contributed by atoms with Gasteiger partial charge in [-0.25, -0.2) is 4.39 Å². The molecule has 1 unspecified atom stereocenters. The van der Waals surface area contributed by atoms with Crippen molar-refractivity contribution < 1.29 is 18.7 Å². The fraction of sp³-hybridized carbons (Fsp3) is 0.562. The molecule has 1 heterocycles. The highest BCUT2D eigenvalue weighted by atomic mass is 19.1. The van der Waals surface area contributed by atoms with Crippen molar-refractivity contribution in [2.45, 2.75) is 26.3 Å². The van der Waals surface area contributed by atoms with Crippen molar-refractivity contribution in [3.8, 4) is 0 Å². The molecular weight excluding hydrogens is 273 g/mol. The number of hydrogen-bond acceptors (Lipinski definition) is 4. The number of hydrogen-bond donors (Lipinski definition) is 0. The number of morpholine rings is 1. The number of carbonyl (C=O) groups is 1. The van der Waals surface area contributed by atoms with Gasteiger partial charge < -0.3 is 9.47 Å². The van der Waals surface area contributed by atoms with Crippen LogP contribution in [0.5, 0.6) is 0 Å². The Morgan fingerprint density at radius 3 is 2.81 bits per heavy atom. The summed E-state index contributed by atoms with van der Waals surface area (Å²) in [5.41, 5.74) is 1.84. The zero-order valence-electron chi connectivity index (χ0n) is 12.6. The van der Waals surface area contributed by atoms with Crippen LogP contribution in [-0.2, 0) is 14.3 Å². The lowest BCUT2D eigenvalue weighted by molar-refractivity contribution is -0.145. The highest BCUT2D eigenvalue weighted by Gasteiger charge is 2.27. The summed E-state index contributed by atoms with van der Waals surface area (Å²) in [5, 5.41) is 0. The smallest absolute Gasteiger partial charge is 0.307 e. The standard InChI is InChI=1S/C16H22FNO3/c1-3-21-16(19)11-15(18-6-8-20-9-7-18)14-10-13(17)5-4-12(14)2/h4-5,10,15H,3,6-9,11H2,1-2H3. The lowest BCUT2D eigenvalue weighted by Crippen LogP contribution is -2.40. The van der Waals surface area contributed by atoms with Gasteiger partial charge in [-0.05, 0) is 37.1 Å². The SMILES string of the molecule is CCOC(=O)CC(c1cc(F)ccc1C)N1CCOCC1. The van der Waals surface area contributed by atoms with E-state index in [1.54, 1.807) is 13.0 Å². The van der Waals surface area contributed by atoms with Gasteiger partial charge in [-0.2, -0.15) is 0 Å². The molecule has 0 N–H and O–H groups in total. The quantitative estimate of drug-likeness (QED) is 0.782. The number of nitrogens with zero attached hydrogens (tertiary/aromatic N) is 1. The molecule has 0 aliphatic carbocycles. The van der Waals surface area contributed by atoms with Gasteiger partial charge in [0, 0.05) is 19.1 Å². The first-order valence-corrected chi connectivity index (χ1v) is 7.35. The Kier molecular flexibility index (Phi) is 5.70. The van der Waals surface area contributed by atoms with Crippen LogP contribution in [0.25, 0.3) is 0 Å². The van der Waals surface area contributed by atoms with E-state index in [9.17, 15) is 9.18 Å². The molecule has 5 heteroatoms. The molecule has 116 valence electrons. The van der Waals surface area contributed by atoms with Crippen molar-refractivity contribution in [1.82, 2.24) is 4.90 Å². The number of rotatable bonds is 5. The van der Waals surface area contributed by atoms with Gasteiger partial charge >= 0.3 is 5.97 Å². The Morgan fingerprint density at radius 2 is 2.14 bits per heavy atom. The predicted molar refractivity (Wildman–Crippen MR) is 77.5 cm³/mol. The largest absolute Gasteiger partial charge is 0.466 e. The third-order valence-electron chi connectivity index (χ3n) is 3.75. The second-order valence-corrected chi connectivity index (χ2v) is 5.17. The van der Waals surface area contributed by atoms with E-state index >= 15 is 0 Å². The molecule has 0 aromatic heterocycles. The van der Waals surface area contributed by atoms with Gasteiger partial charge in [0.2, 0.25) is 0 Å². The van der Waals surface area contributed by atoms with Crippen LogP contribution in [0.3, 0.4) is 0 Å². The number of benzene rings is 1. The topological polar surface area (TPSA) is 38.8 Å². The molecule has 1 saturated heterocycles. The summed E-state index contributed by atoms with van der Waals surface area (Å²) in [7, 11) is 0. The summed E-state index contributed by atoms with van der Waals surface area (Å²) >= 11 is 0. The maximum atomic E-state index is 13.6. The van der Waals surface area contributed by atoms with E-state index in [1.807, 2.05) is 6.92 Å². The van der Waals surface area contributed by atoms with Gasteiger partial charge in [0.1, 0.15) is 5.82 Å². The lowest BCUT2D eigenvalue weighted by atomic mass is 9.96. The van der Waals surface area contributed by atoms with Gasteiger partial charge in [-0.1, -0.05) is 6.07 Å². The Balaban J connectivity index is 2.25. The first kappa shape index (κ1) is 15.9. The van der Waals surface area contributed by atoms with E-state index in [1.165, 1.54) is 12.1 Å². The van der Waals surface area contributed by atoms with Crippen molar-refractivity contribution >= 4 is 5.97 Å². The first-order valence-electron chi connectivity index (χ1n) is 7.35. The second kappa shape index (κ2) is 7.52. The Bertz CT molecular complexity index is 486. The minimum Gasteiger partial charge on any atom is -0.466 e. The summed E-state index contributed by atoms with van der Waals surface area (Å²) in [6, 6.07) is 4.56. The molecule has 1 aliphatic heterocycles. The fourth-order valence-corrected chi connectivity index (χ4v) is 2.67. The third kappa shape index (κ3) is 4.25. The Labute approximate surface area is 124 Å². The van der Waals surface area contributed by atoms with Crippen molar-refractivity contribution in [2.75, 3.05) is 32.9 Å².